The van der Waals surface area contributed by atoms with Gasteiger partial charge in [0.2, 0.25) is 0 Å². The van der Waals surface area contributed by atoms with Crippen molar-refractivity contribution in [3.63, 3.8) is 0 Å². The minimum atomic E-state index is -3.49. The van der Waals surface area contributed by atoms with Crippen LogP contribution in [0.15, 0.2) is 53.4 Å². The fourth-order valence-electron chi connectivity index (χ4n) is 2.50. The van der Waals surface area contributed by atoms with Crippen molar-refractivity contribution in [2.75, 3.05) is 20.3 Å². The molecule has 2 aromatic carbocycles. The van der Waals surface area contributed by atoms with Gasteiger partial charge in [-0.2, -0.15) is 0 Å². The van der Waals surface area contributed by atoms with Crippen molar-refractivity contribution in [3.05, 3.63) is 54.1 Å². The highest BCUT2D eigenvalue weighted by atomic mass is 32.2. The van der Waals surface area contributed by atoms with Gasteiger partial charge in [-0.1, -0.05) is 24.3 Å². The van der Waals surface area contributed by atoms with Crippen molar-refractivity contribution < 1.29 is 17.9 Å². The fourth-order valence-corrected chi connectivity index (χ4v) is 4.09. The summed E-state index contributed by atoms with van der Waals surface area (Å²) in [6.07, 6.45) is 0.316. The fraction of sp³-hybridized carbons (Fsp3) is 0.333. The highest BCUT2D eigenvalue weighted by Crippen LogP contribution is 2.29. The summed E-state index contributed by atoms with van der Waals surface area (Å²) in [6, 6.07) is 13.8. The molecular weight excluding hydrogens is 326 g/mol. The van der Waals surface area contributed by atoms with Crippen molar-refractivity contribution in [3.8, 4) is 11.5 Å². The quantitative estimate of drug-likeness (QED) is 0.792. The van der Waals surface area contributed by atoms with E-state index in [-0.39, 0.29) is 6.54 Å². The third kappa shape index (κ3) is 4.07. The Morgan fingerprint density at radius 2 is 1.79 bits per heavy atom. The minimum absolute atomic E-state index is 0.0484. The summed E-state index contributed by atoms with van der Waals surface area (Å²) >= 11 is 0. The molecule has 0 radical (unpaired) electrons. The van der Waals surface area contributed by atoms with Crippen molar-refractivity contribution >= 4 is 9.84 Å². The lowest BCUT2D eigenvalue weighted by Gasteiger charge is -2.17. The SMILES string of the molecule is CCOc1ccc(CC(CN)S(=O)(=O)c2ccccc2)cc1OC. The molecule has 0 bridgehead atoms. The number of sulfone groups is 1. The maximum absolute atomic E-state index is 12.8. The number of nitrogens with two attached hydrogens (primary N) is 1. The van der Waals surface area contributed by atoms with Crippen LogP contribution in [0.2, 0.25) is 0 Å². The van der Waals surface area contributed by atoms with Gasteiger partial charge < -0.3 is 15.2 Å². The Kier molecular flexibility index (Phi) is 6.23. The maximum Gasteiger partial charge on any atom is 0.182 e. The Morgan fingerprint density at radius 1 is 1.08 bits per heavy atom. The largest absolute Gasteiger partial charge is 0.493 e. The molecule has 0 aliphatic heterocycles. The molecule has 0 saturated carbocycles. The van der Waals surface area contributed by atoms with E-state index in [0.717, 1.165) is 5.56 Å². The molecule has 2 rings (SSSR count). The van der Waals surface area contributed by atoms with Gasteiger partial charge in [0.15, 0.2) is 21.3 Å². The molecule has 1 unspecified atom stereocenters. The first-order chi connectivity index (χ1) is 11.5. The Morgan fingerprint density at radius 3 is 2.38 bits per heavy atom. The molecule has 0 amide bonds. The van der Waals surface area contributed by atoms with Gasteiger partial charge in [-0.25, -0.2) is 8.42 Å². The summed E-state index contributed by atoms with van der Waals surface area (Å²) in [5, 5.41) is -0.692. The number of rotatable bonds is 8. The second-order valence-corrected chi connectivity index (χ2v) is 7.57. The van der Waals surface area contributed by atoms with Crippen LogP contribution in [-0.4, -0.2) is 33.9 Å². The van der Waals surface area contributed by atoms with Crippen LogP contribution in [0.25, 0.3) is 0 Å². The van der Waals surface area contributed by atoms with Gasteiger partial charge in [0.1, 0.15) is 0 Å². The minimum Gasteiger partial charge on any atom is -0.493 e. The normalized spacial score (nSPS) is 12.6. The average molecular weight is 349 g/mol. The van der Waals surface area contributed by atoms with E-state index in [2.05, 4.69) is 0 Å². The molecule has 0 spiro atoms. The topological polar surface area (TPSA) is 78.6 Å². The number of hydrogen-bond acceptors (Lipinski definition) is 5. The van der Waals surface area contributed by atoms with Crippen LogP contribution in [-0.2, 0) is 16.3 Å². The summed E-state index contributed by atoms with van der Waals surface area (Å²) in [6.45, 7) is 2.47. The first-order valence-electron chi connectivity index (χ1n) is 7.81. The van der Waals surface area contributed by atoms with Crippen LogP contribution in [0, 0.1) is 0 Å². The molecular formula is C18H23NO4S. The summed E-state index contributed by atoms with van der Waals surface area (Å²) in [5.74, 6) is 1.22. The van der Waals surface area contributed by atoms with E-state index >= 15 is 0 Å². The van der Waals surface area contributed by atoms with Gasteiger partial charge in [-0.05, 0) is 43.2 Å². The van der Waals surface area contributed by atoms with Crippen molar-refractivity contribution in [2.45, 2.75) is 23.5 Å². The van der Waals surface area contributed by atoms with Gasteiger partial charge in [0, 0.05) is 6.54 Å². The number of hydrogen-bond donors (Lipinski definition) is 1. The molecule has 1 atom stereocenters. The van der Waals surface area contributed by atoms with Crippen molar-refractivity contribution in [1.82, 2.24) is 0 Å². The second-order valence-electron chi connectivity index (χ2n) is 5.34. The Bertz CT molecular complexity index is 760. The summed E-state index contributed by atoms with van der Waals surface area (Å²) in [5.41, 5.74) is 6.60. The molecule has 0 aromatic heterocycles. The number of ether oxygens (including phenoxy) is 2. The lowest BCUT2D eigenvalue weighted by Crippen LogP contribution is -2.32. The van der Waals surface area contributed by atoms with E-state index in [4.69, 9.17) is 15.2 Å². The predicted octanol–water partition coefficient (Wildman–Crippen LogP) is 2.44. The zero-order valence-electron chi connectivity index (χ0n) is 13.9. The van der Waals surface area contributed by atoms with Gasteiger partial charge >= 0.3 is 0 Å². The molecule has 2 aromatic rings. The van der Waals surface area contributed by atoms with E-state index in [1.54, 1.807) is 49.6 Å². The summed E-state index contributed by atoms with van der Waals surface area (Å²) in [4.78, 5) is 0.290. The van der Waals surface area contributed by atoms with Crippen LogP contribution in [0.5, 0.6) is 11.5 Å². The zero-order valence-corrected chi connectivity index (χ0v) is 14.8. The highest BCUT2D eigenvalue weighted by Gasteiger charge is 2.26. The number of benzene rings is 2. The Hall–Kier alpha value is -2.05. The predicted molar refractivity (Wildman–Crippen MR) is 94.3 cm³/mol. The Labute approximate surface area is 143 Å². The van der Waals surface area contributed by atoms with Crippen LogP contribution in [0.1, 0.15) is 12.5 Å². The van der Waals surface area contributed by atoms with Crippen LogP contribution < -0.4 is 15.2 Å². The van der Waals surface area contributed by atoms with Crippen molar-refractivity contribution in [1.29, 1.82) is 0 Å². The van der Waals surface area contributed by atoms with Crippen LogP contribution in [0.4, 0.5) is 0 Å². The molecule has 24 heavy (non-hydrogen) atoms. The standard InChI is InChI=1S/C18H23NO4S/c1-3-23-17-10-9-14(12-18(17)22-2)11-16(13-19)24(20,21)15-7-5-4-6-8-15/h4-10,12,16H,3,11,13,19H2,1-2H3. The van der Waals surface area contributed by atoms with E-state index in [0.29, 0.717) is 29.4 Å². The van der Waals surface area contributed by atoms with Crippen LogP contribution in [0.3, 0.4) is 0 Å². The van der Waals surface area contributed by atoms with Gasteiger partial charge in [-0.15, -0.1) is 0 Å². The first kappa shape index (κ1) is 18.3. The third-order valence-electron chi connectivity index (χ3n) is 3.76. The lowest BCUT2D eigenvalue weighted by molar-refractivity contribution is 0.310. The highest BCUT2D eigenvalue weighted by molar-refractivity contribution is 7.92. The van der Waals surface area contributed by atoms with Gasteiger partial charge in [0.25, 0.3) is 0 Å². The van der Waals surface area contributed by atoms with Crippen LogP contribution >= 0.6 is 0 Å². The molecule has 130 valence electrons. The summed E-state index contributed by atoms with van der Waals surface area (Å²) < 4.78 is 36.3. The molecule has 0 saturated heterocycles. The molecule has 6 heteroatoms. The molecule has 0 aliphatic carbocycles. The average Bonchev–Trinajstić information content (AvgIpc) is 2.61. The van der Waals surface area contributed by atoms with E-state index in [1.807, 2.05) is 13.0 Å². The molecule has 2 N–H and O–H groups in total. The monoisotopic (exact) mass is 349 g/mol. The summed E-state index contributed by atoms with van der Waals surface area (Å²) in [7, 11) is -1.93. The molecule has 5 nitrogen and oxygen atoms in total. The molecule has 0 fully saturated rings. The maximum atomic E-state index is 12.8. The lowest BCUT2D eigenvalue weighted by atomic mass is 10.1. The first-order valence-corrected chi connectivity index (χ1v) is 9.36. The van der Waals surface area contributed by atoms with E-state index < -0.39 is 15.1 Å². The molecule has 0 heterocycles. The van der Waals surface area contributed by atoms with Gasteiger partial charge in [-0.3, -0.25) is 0 Å². The second kappa shape index (κ2) is 8.17. The van der Waals surface area contributed by atoms with Crippen molar-refractivity contribution in [2.24, 2.45) is 5.73 Å². The van der Waals surface area contributed by atoms with E-state index in [1.165, 1.54) is 0 Å². The Balaban J connectivity index is 2.27. The molecule has 0 aliphatic rings. The zero-order chi connectivity index (χ0) is 17.6. The third-order valence-corrected chi connectivity index (χ3v) is 5.93. The smallest absolute Gasteiger partial charge is 0.182 e. The number of methoxy groups -OCH3 is 1. The van der Waals surface area contributed by atoms with E-state index in [9.17, 15) is 8.42 Å². The van der Waals surface area contributed by atoms with Gasteiger partial charge in [0.05, 0.1) is 23.9 Å².